The van der Waals surface area contributed by atoms with E-state index in [1.165, 1.54) is 14.0 Å². The van der Waals surface area contributed by atoms with Gasteiger partial charge >= 0.3 is 12.0 Å². The number of halogens is 2. The number of imide groups is 1. The van der Waals surface area contributed by atoms with Crippen LogP contribution in [0.3, 0.4) is 0 Å². The van der Waals surface area contributed by atoms with E-state index in [1.54, 1.807) is 18.2 Å². The molecule has 7 nitrogen and oxygen atoms in total. The maximum Gasteiger partial charge on any atom is 0.344 e. The Balaban J connectivity index is 2.45. The third kappa shape index (κ3) is 5.90. The number of carbonyl (C=O) groups is 3. The SMILES string of the molecule is CNC(=O)NC(=O)[C@H](C)OC(=O)COc1ccc(Br)cc1Cl. The maximum absolute atomic E-state index is 11.6. The Morgan fingerprint density at radius 3 is 2.64 bits per heavy atom. The fourth-order valence-electron chi connectivity index (χ4n) is 1.29. The van der Waals surface area contributed by atoms with Crippen molar-refractivity contribution in [3.05, 3.63) is 27.7 Å². The lowest BCUT2D eigenvalue weighted by Crippen LogP contribution is -2.43. The van der Waals surface area contributed by atoms with Crippen molar-refractivity contribution < 1.29 is 23.9 Å². The van der Waals surface area contributed by atoms with Gasteiger partial charge in [0.15, 0.2) is 12.7 Å². The molecule has 0 spiro atoms. The highest BCUT2D eigenvalue weighted by Crippen LogP contribution is 2.27. The van der Waals surface area contributed by atoms with Crippen molar-refractivity contribution in [3.8, 4) is 5.75 Å². The molecule has 1 aromatic rings. The second kappa shape index (κ2) is 8.60. The summed E-state index contributed by atoms with van der Waals surface area (Å²) in [6.45, 7) is 0.918. The molecule has 0 aliphatic rings. The predicted octanol–water partition coefficient (Wildman–Crippen LogP) is 1.87. The van der Waals surface area contributed by atoms with E-state index in [0.29, 0.717) is 10.8 Å². The number of urea groups is 1. The Kier molecular flexibility index (Phi) is 7.13. The summed E-state index contributed by atoms with van der Waals surface area (Å²) in [6.07, 6.45) is -1.13. The second-order valence-electron chi connectivity index (χ2n) is 4.06. The van der Waals surface area contributed by atoms with E-state index >= 15 is 0 Å². The Morgan fingerprint density at radius 1 is 1.36 bits per heavy atom. The predicted molar refractivity (Wildman–Crippen MR) is 82.8 cm³/mol. The average Bonchev–Trinajstić information content (AvgIpc) is 2.45. The van der Waals surface area contributed by atoms with E-state index in [9.17, 15) is 14.4 Å². The van der Waals surface area contributed by atoms with Crippen LogP contribution >= 0.6 is 27.5 Å². The first-order valence-corrected chi connectivity index (χ1v) is 7.30. The van der Waals surface area contributed by atoms with E-state index in [1.807, 2.05) is 5.32 Å². The number of esters is 1. The van der Waals surface area contributed by atoms with Gasteiger partial charge in [0.25, 0.3) is 5.91 Å². The van der Waals surface area contributed by atoms with Crippen LogP contribution in [0.5, 0.6) is 5.75 Å². The minimum absolute atomic E-state index is 0.310. The highest BCUT2D eigenvalue weighted by Gasteiger charge is 2.20. The lowest BCUT2D eigenvalue weighted by atomic mass is 10.3. The van der Waals surface area contributed by atoms with Gasteiger partial charge in [0.1, 0.15) is 5.75 Å². The molecule has 3 amide bonds. The lowest BCUT2D eigenvalue weighted by Gasteiger charge is -2.13. The zero-order valence-corrected chi connectivity index (χ0v) is 14.2. The number of rotatable bonds is 5. The van der Waals surface area contributed by atoms with E-state index < -0.39 is 30.6 Å². The molecule has 22 heavy (non-hydrogen) atoms. The summed E-state index contributed by atoms with van der Waals surface area (Å²) in [4.78, 5) is 34.0. The van der Waals surface area contributed by atoms with Crippen LogP contribution in [0.2, 0.25) is 5.02 Å². The van der Waals surface area contributed by atoms with Crippen LogP contribution in [0.25, 0.3) is 0 Å². The van der Waals surface area contributed by atoms with E-state index in [-0.39, 0.29) is 0 Å². The molecule has 0 saturated carbocycles. The Hall–Kier alpha value is -1.80. The number of hydrogen-bond acceptors (Lipinski definition) is 5. The number of nitrogens with one attached hydrogen (secondary N) is 2. The van der Waals surface area contributed by atoms with Gasteiger partial charge in [-0.15, -0.1) is 0 Å². The Labute approximate surface area is 140 Å². The summed E-state index contributed by atoms with van der Waals surface area (Å²) in [5, 5.41) is 4.52. The van der Waals surface area contributed by atoms with Gasteiger partial charge in [-0.3, -0.25) is 10.1 Å². The van der Waals surface area contributed by atoms with E-state index in [0.717, 1.165) is 4.47 Å². The first-order valence-electron chi connectivity index (χ1n) is 6.13. The van der Waals surface area contributed by atoms with Gasteiger partial charge in [0, 0.05) is 11.5 Å². The van der Waals surface area contributed by atoms with Crippen molar-refractivity contribution >= 4 is 45.4 Å². The van der Waals surface area contributed by atoms with Gasteiger partial charge in [-0.25, -0.2) is 9.59 Å². The normalized spacial score (nSPS) is 11.3. The van der Waals surface area contributed by atoms with Crippen LogP contribution < -0.4 is 15.4 Å². The molecule has 0 fully saturated rings. The molecule has 1 aromatic carbocycles. The molecule has 0 bridgehead atoms. The standard InChI is InChI=1S/C13H14BrClN2O5/c1-7(12(19)17-13(20)16-2)22-11(18)6-21-10-4-3-8(14)5-9(10)15/h3-5,7H,6H2,1-2H3,(H2,16,17,19,20)/t7-/m0/s1. The van der Waals surface area contributed by atoms with Gasteiger partial charge in [-0.2, -0.15) is 0 Å². The minimum atomic E-state index is -1.13. The summed E-state index contributed by atoms with van der Waals surface area (Å²) in [6, 6.07) is 4.21. The zero-order valence-electron chi connectivity index (χ0n) is 11.8. The molecule has 0 aliphatic carbocycles. The summed E-state index contributed by atoms with van der Waals surface area (Å²) >= 11 is 9.17. The number of amides is 3. The minimum Gasteiger partial charge on any atom is -0.480 e. The van der Waals surface area contributed by atoms with Crippen LogP contribution in [0, 0.1) is 0 Å². The molecular formula is C13H14BrClN2O5. The van der Waals surface area contributed by atoms with Crippen LogP contribution in [0.4, 0.5) is 4.79 Å². The molecule has 0 saturated heterocycles. The number of carbonyl (C=O) groups excluding carboxylic acids is 3. The van der Waals surface area contributed by atoms with E-state index in [2.05, 4.69) is 21.2 Å². The molecule has 0 radical (unpaired) electrons. The zero-order chi connectivity index (χ0) is 16.7. The fourth-order valence-corrected chi connectivity index (χ4v) is 2.02. The Bertz CT molecular complexity index is 582. The molecule has 0 unspecified atom stereocenters. The van der Waals surface area contributed by atoms with Crippen molar-refractivity contribution in [1.29, 1.82) is 0 Å². The second-order valence-corrected chi connectivity index (χ2v) is 5.39. The topological polar surface area (TPSA) is 93.7 Å². The van der Waals surface area contributed by atoms with Crippen molar-refractivity contribution in [2.24, 2.45) is 0 Å². The third-order valence-corrected chi connectivity index (χ3v) is 3.17. The summed E-state index contributed by atoms with van der Waals surface area (Å²) in [5.41, 5.74) is 0. The monoisotopic (exact) mass is 392 g/mol. The molecule has 0 aliphatic heterocycles. The maximum atomic E-state index is 11.6. The van der Waals surface area contributed by atoms with E-state index in [4.69, 9.17) is 21.1 Å². The van der Waals surface area contributed by atoms with Gasteiger partial charge in [0.05, 0.1) is 5.02 Å². The van der Waals surface area contributed by atoms with Crippen molar-refractivity contribution in [2.45, 2.75) is 13.0 Å². The lowest BCUT2D eigenvalue weighted by molar-refractivity contribution is -0.156. The Morgan fingerprint density at radius 2 is 2.05 bits per heavy atom. The number of ether oxygens (including phenoxy) is 2. The first kappa shape index (κ1) is 18.2. The summed E-state index contributed by atoms with van der Waals surface area (Å²) in [5.74, 6) is -1.20. The van der Waals surface area contributed by atoms with Gasteiger partial charge in [-0.05, 0) is 25.1 Å². The number of hydrogen-bond donors (Lipinski definition) is 2. The molecule has 0 heterocycles. The van der Waals surface area contributed by atoms with Gasteiger partial charge in [-0.1, -0.05) is 27.5 Å². The molecule has 9 heteroatoms. The fraction of sp³-hybridized carbons (Fsp3) is 0.308. The smallest absolute Gasteiger partial charge is 0.344 e. The molecule has 0 aromatic heterocycles. The number of benzene rings is 1. The molecular weight excluding hydrogens is 380 g/mol. The third-order valence-electron chi connectivity index (χ3n) is 2.38. The van der Waals surface area contributed by atoms with Crippen LogP contribution in [-0.4, -0.2) is 37.7 Å². The van der Waals surface area contributed by atoms with Gasteiger partial charge < -0.3 is 14.8 Å². The molecule has 2 N–H and O–H groups in total. The largest absolute Gasteiger partial charge is 0.480 e. The van der Waals surface area contributed by atoms with Crippen LogP contribution in [-0.2, 0) is 14.3 Å². The van der Waals surface area contributed by atoms with Crippen molar-refractivity contribution in [3.63, 3.8) is 0 Å². The quantitative estimate of drug-likeness (QED) is 0.745. The van der Waals surface area contributed by atoms with Crippen molar-refractivity contribution in [1.82, 2.24) is 10.6 Å². The average molecular weight is 394 g/mol. The van der Waals surface area contributed by atoms with Crippen LogP contribution in [0.1, 0.15) is 6.92 Å². The highest BCUT2D eigenvalue weighted by molar-refractivity contribution is 9.10. The summed E-state index contributed by atoms with van der Waals surface area (Å²) < 4.78 is 10.8. The first-order chi connectivity index (χ1) is 10.3. The molecule has 120 valence electrons. The molecule has 1 atom stereocenters. The van der Waals surface area contributed by atoms with Crippen molar-refractivity contribution in [2.75, 3.05) is 13.7 Å². The highest BCUT2D eigenvalue weighted by atomic mass is 79.9. The summed E-state index contributed by atoms with van der Waals surface area (Å²) in [7, 11) is 1.36. The molecule has 1 rings (SSSR count). The van der Waals surface area contributed by atoms with Gasteiger partial charge in [0.2, 0.25) is 0 Å². The van der Waals surface area contributed by atoms with Crippen LogP contribution in [0.15, 0.2) is 22.7 Å².